The van der Waals surface area contributed by atoms with Crippen molar-refractivity contribution in [1.29, 1.82) is 0 Å². The average Bonchev–Trinajstić information content (AvgIpc) is 2.21. The highest BCUT2D eigenvalue weighted by Gasteiger charge is 2.25. The molecule has 16 heavy (non-hydrogen) atoms. The van der Waals surface area contributed by atoms with E-state index < -0.39 is 23.7 Å². The maximum atomic E-state index is 12.6. The monoisotopic (exact) mass is 269 g/mol. The molecule has 1 aromatic heterocycles. The summed E-state index contributed by atoms with van der Waals surface area (Å²) in [5, 5.41) is -0.348. The van der Waals surface area contributed by atoms with Crippen LogP contribution < -0.4 is 0 Å². The Morgan fingerprint density at radius 3 is 2.69 bits per heavy atom. The van der Waals surface area contributed by atoms with Crippen LogP contribution in [0, 0.1) is 0 Å². The van der Waals surface area contributed by atoms with Gasteiger partial charge in [0.15, 0.2) is 0 Å². The van der Waals surface area contributed by atoms with Crippen LogP contribution in [0.25, 0.3) is 0 Å². The van der Waals surface area contributed by atoms with Gasteiger partial charge in [0.2, 0.25) is 0 Å². The molecule has 0 unspecified atom stereocenters. The van der Waals surface area contributed by atoms with E-state index >= 15 is 0 Å². The second kappa shape index (κ2) is 5.41. The van der Waals surface area contributed by atoms with Gasteiger partial charge in [0.1, 0.15) is 11.3 Å². The lowest BCUT2D eigenvalue weighted by Crippen LogP contribution is -2.11. The van der Waals surface area contributed by atoms with Gasteiger partial charge in [-0.15, -0.1) is 0 Å². The minimum absolute atomic E-state index is 0.0460. The summed E-state index contributed by atoms with van der Waals surface area (Å²) < 4.78 is 29.7. The minimum Gasteiger partial charge on any atom is -0.462 e. The molecule has 0 fully saturated rings. The quantitative estimate of drug-likeness (QED) is 0.789. The summed E-state index contributed by atoms with van der Waals surface area (Å²) in [6, 6.07) is 0. The highest BCUT2D eigenvalue weighted by atomic mass is 35.5. The molecule has 0 radical (unpaired) electrons. The molecule has 0 bridgehead atoms. The molecule has 7 heteroatoms. The summed E-state index contributed by atoms with van der Waals surface area (Å²) in [6.07, 6.45) is -1.96. The standard InChI is InChI=1S/C9H7Cl2F2NO2/c1-2-16-9(15)5-6(11)4(10)3-14-7(5)8(12)13/h3,8H,2H2,1H3. The molecule has 0 N–H and O–H groups in total. The number of carbonyl (C=O) groups excluding carboxylic acids is 1. The lowest BCUT2D eigenvalue weighted by Gasteiger charge is -2.09. The van der Waals surface area contributed by atoms with Crippen LogP contribution in [0.5, 0.6) is 0 Å². The Hall–Kier alpha value is -0.940. The van der Waals surface area contributed by atoms with E-state index in [1.54, 1.807) is 6.92 Å². The number of ether oxygens (including phenoxy) is 1. The van der Waals surface area contributed by atoms with Gasteiger partial charge in [-0.2, -0.15) is 0 Å². The van der Waals surface area contributed by atoms with Gasteiger partial charge in [-0.3, -0.25) is 4.98 Å². The molecule has 1 aromatic rings. The van der Waals surface area contributed by atoms with Gasteiger partial charge in [0.25, 0.3) is 6.43 Å². The first-order chi connectivity index (χ1) is 7.49. The third kappa shape index (κ3) is 2.59. The van der Waals surface area contributed by atoms with Gasteiger partial charge < -0.3 is 4.74 Å². The highest BCUT2D eigenvalue weighted by molar-refractivity contribution is 6.43. The average molecular weight is 270 g/mol. The van der Waals surface area contributed by atoms with Crippen molar-refractivity contribution in [3.63, 3.8) is 0 Å². The first-order valence-electron chi connectivity index (χ1n) is 4.28. The summed E-state index contributed by atoms with van der Waals surface area (Å²) in [6.45, 7) is 1.59. The second-order valence-electron chi connectivity index (χ2n) is 2.70. The van der Waals surface area contributed by atoms with Crippen molar-refractivity contribution in [1.82, 2.24) is 4.98 Å². The highest BCUT2D eigenvalue weighted by Crippen LogP contribution is 2.32. The third-order valence-electron chi connectivity index (χ3n) is 1.69. The van der Waals surface area contributed by atoms with Crippen LogP contribution >= 0.6 is 23.2 Å². The van der Waals surface area contributed by atoms with Crippen molar-refractivity contribution >= 4 is 29.2 Å². The molecule has 1 heterocycles. The van der Waals surface area contributed by atoms with Crippen LogP contribution in [0.3, 0.4) is 0 Å². The van der Waals surface area contributed by atoms with Crippen molar-refractivity contribution in [2.45, 2.75) is 13.3 Å². The predicted octanol–water partition coefficient (Wildman–Crippen LogP) is 3.50. The molecule has 0 saturated heterocycles. The van der Waals surface area contributed by atoms with Crippen LogP contribution in [0.1, 0.15) is 29.4 Å². The summed E-state index contributed by atoms with van der Waals surface area (Å²) in [4.78, 5) is 14.8. The normalized spacial score (nSPS) is 10.6. The van der Waals surface area contributed by atoms with Crippen LogP contribution in [-0.4, -0.2) is 17.6 Å². The van der Waals surface area contributed by atoms with Crippen LogP contribution in [-0.2, 0) is 4.74 Å². The number of alkyl halides is 2. The molecule has 0 atom stereocenters. The van der Waals surface area contributed by atoms with Crippen molar-refractivity contribution < 1.29 is 18.3 Å². The maximum Gasteiger partial charge on any atom is 0.341 e. The van der Waals surface area contributed by atoms with E-state index in [9.17, 15) is 13.6 Å². The number of hydrogen-bond donors (Lipinski definition) is 0. The Morgan fingerprint density at radius 2 is 2.19 bits per heavy atom. The topological polar surface area (TPSA) is 39.2 Å². The molecule has 0 saturated carbocycles. The largest absolute Gasteiger partial charge is 0.462 e. The fourth-order valence-electron chi connectivity index (χ4n) is 1.04. The van der Waals surface area contributed by atoms with Gasteiger partial charge in [-0.05, 0) is 6.92 Å². The minimum atomic E-state index is -2.92. The Balaban J connectivity index is 3.31. The number of hydrogen-bond acceptors (Lipinski definition) is 3. The predicted molar refractivity (Wildman–Crippen MR) is 55.2 cm³/mol. The number of aromatic nitrogens is 1. The van der Waals surface area contributed by atoms with Crippen molar-refractivity contribution in [3.8, 4) is 0 Å². The lowest BCUT2D eigenvalue weighted by atomic mass is 10.2. The Kier molecular flexibility index (Phi) is 4.44. The smallest absolute Gasteiger partial charge is 0.341 e. The van der Waals surface area contributed by atoms with E-state index in [1.165, 1.54) is 0 Å². The Bertz CT molecular complexity index is 413. The second-order valence-corrected chi connectivity index (χ2v) is 3.49. The zero-order chi connectivity index (χ0) is 12.3. The van der Waals surface area contributed by atoms with Crippen LogP contribution in [0.4, 0.5) is 8.78 Å². The summed E-state index contributed by atoms with van der Waals surface area (Å²) in [5.74, 6) is -0.960. The number of esters is 1. The zero-order valence-corrected chi connectivity index (χ0v) is 9.65. The first-order valence-corrected chi connectivity index (χ1v) is 5.03. The lowest BCUT2D eigenvalue weighted by molar-refractivity contribution is 0.0513. The number of halogens is 4. The number of rotatable bonds is 3. The van der Waals surface area contributed by atoms with Crippen molar-refractivity contribution in [2.75, 3.05) is 6.61 Å². The van der Waals surface area contributed by atoms with Gasteiger partial charge in [-0.1, -0.05) is 23.2 Å². The molecule has 0 aliphatic rings. The first kappa shape index (κ1) is 13.1. The Labute approximate surface area is 100 Å². The molecular weight excluding hydrogens is 263 g/mol. The number of pyridine rings is 1. The molecule has 0 amide bonds. The van der Waals surface area contributed by atoms with Gasteiger partial charge in [0.05, 0.1) is 16.7 Å². The molecule has 0 spiro atoms. The van der Waals surface area contributed by atoms with E-state index in [0.717, 1.165) is 6.20 Å². The van der Waals surface area contributed by atoms with E-state index in [2.05, 4.69) is 9.72 Å². The molecule has 0 aliphatic carbocycles. The van der Waals surface area contributed by atoms with Crippen molar-refractivity contribution in [2.24, 2.45) is 0 Å². The number of nitrogens with zero attached hydrogens (tertiary/aromatic N) is 1. The van der Waals surface area contributed by atoms with E-state index in [-0.39, 0.29) is 16.7 Å². The summed E-state index contributed by atoms with van der Waals surface area (Å²) in [5.41, 5.74) is -1.21. The maximum absolute atomic E-state index is 12.6. The Morgan fingerprint density at radius 1 is 1.56 bits per heavy atom. The molecular formula is C9H7Cl2F2NO2. The van der Waals surface area contributed by atoms with E-state index in [4.69, 9.17) is 23.2 Å². The molecule has 88 valence electrons. The third-order valence-corrected chi connectivity index (χ3v) is 2.46. The van der Waals surface area contributed by atoms with Gasteiger partial charge in [0, 0.05) is 6.20 Å². The van der Waals surface area contributed by atoms with E-state index in [1.807, 2.05) is 0 Å². The molecule has 0 aliphatic heterocycles. The van der Waals surface area contributed by atoms with E-state index in [0.29, 0.717) is 0 Å². The van der Waals surface area contributed by atoms with Gasteiger partial charge >= 0.3 is 5.97 Å². The molecule has 1 rings (SSSR count). The van der Waals surface area contributed by atoms with Crippen LogP contribution in [0.2, 0.25) is 10.0 Å². The number of carbonyl (C=O) groups is 1. The SMILES string of the molecule is CCOC(=O)c1c(C(F)F)ncc(Cl)c1Cl. The molecule has 3 nitrogen and oxygen atoms in total. The summed E-state index contributed by atoms with van der Waals surface area (Å²) >= 11 is 11.3. The van der Waals surface area contributed by atoms with Crippen LogP contribution in [0.15, 0.2) is 6.20 Å². The van der Waals surface area contributed by atoms with Gasteiger partial charge in [-0.25, -0.2) is 13.6 Å². The zero-order valence-electron chi connectivity index (χ0n) is 8.14. The fourth-order valence-corrected chi connectivity index (χ4v) is 1.41. The van der Waals surface area contributed by atoms with Crippen molar-refractivity contribution in [3.05, 3.63) is 27.5 Å². The summed E-state index contributed by atoms with van der Waals surface area (Å²) in [7, 11) is 0. The fraction of sp³-hybridized carbons (Fsp3) is 0.333. The molecule has 0 aromatic carbocycles.